The van der Waals surface area contributed by atoms with Gasteiger partial charge in [0.2, 0.25) is 0 Å². The Hall–Kier alpha value is -2.01. The number of nitrogens with zero attached hydrogens (tertiary/aromatic N) is 1. The number of rotatable bonds is 9. The Morgan fingerprint density at radius 3 is 2.16 bits per heavy atom. The van der Waals surface area contributed by atoms with E-state index in [0.717, 1.165) is 28.9 Å². The van der Waals surface area contributed by atoms with Crippen molar-refractivity contribution in [3.8, 4) is 11.5 Å². The van der Waals surface area contributed by atoms with Gasteiger partial charge in [-0.3, -0.25) is 4.99 Å². The van der Waals surface area contributed by atoms with Gasteiger partial charge in [0, 0.05) is 26.4 Å². The van der Waals surface area contributed by atoms with E-state index in [-0.39, 0.29) is 24.0 Å². The lowest BCUT2D eigenvalue weighted by molar-refractivity contribution is 0.294. The van der Waals surface area contributed by atoms with Gasteiger partial charge in [0.1, 0.15) is 0 Å². The number of aryl methyl sites for hydroxylation is 1. The van der Waals surface area contributed by atoms with Crippen molar-refractivity contribution in [2.75, 3.05) is 27.0 Å². The number of methoxy groups -OCH3 is 1. The molecule has 7 nitrogen and oxygen atoms in total. The zero-order chi connectivity index (χ0) is 22.1. The number of guanidine groups is 1. The highest BCUT2D eigenvalue weighted by molar-refractivity contribution is 14.0. The van der Waals surface area contributed by atoms with Crippen molar-refractivity contribution in [3.63, 3.8) is 0 Å². The maximum absolute atomic E-state index is 11.8. The van der Waals surface area contributed by atoms with Crippen molar-refractivity contribution < 1.29 is 17.9 Å². The van der Waals surface area contributed by atoms with Crippen LogP contribution in [-0.2, 0) is 22.9 Å². The predicted molar refractivity (Wildman–Crippen MR) is 136 cm³/mol. The van der Waals surface area contributed by atoms with Crippen LogP contribution in [0.15, 0.2) is 46.3 Å². The van der Waals surface area contributed by atoms with Crippen LogP contribution in [0.1, 0.15) is 30.0 Å². The maximum Gasteiger partial charge on any atom is 0.191 e. The van der Waals surface area contributed by atoms with Crippen LogP contribution in [0.25, 0.3) is 0 Å². The number of benzene rings is 2. The van der Waals surface area contributed by atoms with Crippen molar-refractivity contribution in [2.45, 2.75) is 38.3 Å². The zero-order valence-electron chi connectivity index (χ0n) is 18.7. The first-order valence-corrected chi connectivity index (χ1v) is 11.7. The van der Waals surface area contributed by atoms with E-state index >= 15 is 0 Å². The van der Waals surface area contributed by atoms with Crippen molar-refractivity contribution in [2.24, 2.45) is 4.99 Å². The molecule has 0 aliphatic carbocycles. The van der Waals surface area contributed by atoms with Crippen LogP contribution in [0.4, 0.5) is 0 Å². The lowest BCUT2D eigenvalue weighted by Crippen LogP contribution is -2.36. The van der Waals surface area contributed by atoms with E-state index in [2.05, 4.69) is 22.5 Å². The first-order chi connectivity index (χ1) is 14.3. The fourth-order valence-electron chi connectivity index (χ4n) is 2.98. The molecule has 0 spiro atoms. The zero-order valence-corrected chi connectivity index (χ0v) is 21.8. The summed E-state index contributed by atoms with van der Waals surface area (Å²) in [5, 5.41) is 6.51. The van der Waals surface area contributed by atoms with Gasteiger partial charge in [0.05, 0.1) is 18.6 Å². The molecule has 0 aliphatic rings. The third-order valence-corrected chi connectivity index (χ3v) is 5.73. The highest BCUT2D eigenvalue weighted by Crippen LogP contribution is 2.28. The number of ether oxygens (including phenoxy) is 2. The molecule has 2 N–H and O–H groups in total. The molecule has 0 fully saturated rings. The lowest BCUT2D eigenvalue weighted by atomic mass is 10.1. The topological polar surface area (TPSA) is 89.0 Å². The molecule has 172 valence electrons. The van der Waals surface area contributed by atoms with Crippen molar-refractivity contribution in [1.82, 2.24) is 10.6 Å². The van der Waals surface area contributed by atoms with Crippen LogP contribution in [0, 0.1) is 6.92 Å². The van der Waals surface area contributed by atoms with E-state index in [9.17, 15) is 8.42 Å². The van der Waals surface area contributed by atoms with Gasteiger partial charge in [-0.1, -0.05) is 25.1 Å². The van der Waals surface area contributed by atoms with E-state index in [0.29, 0.717) is 36.3 Å². The fraction of sp³-hybridized carbons (Fsp3) is 0.409. The van der Waals surface area contributed by atoms with Gasteiger partial charge in [-0.15, -0.1) is 24.0 Å². The molecular formula is C22H32IN3O4S. The Morgan fingerprint density at radius 2 is 1.65 bits per heavy atom. The van der Waals surface area contributed by atoms with Crippen molar-refractivity contribution in [1.29, 1.82) is 0 Å². The summed E-state index contributed by atoms with van der Waals surface area (Å²) in [4.78, 5) is 4.60. The predicted octanol–water partition coefficient (Wildman–Crippen LogP) is 3.68. The molecule has 0 saturated carbocycles. The van der Waals surface area contributed by atoms with Crippen molar-refractivity contribution >= 4 is 39.8 Å². The Labute approximate surface area is 202 Å². The normalized spacial score (nSPS) is 11.5. The van der Waals surface area contributed by atoms with Gasteiger partial charge in [-0.2, -0.15) is 0 Å². The van der Waals surface area contributed by atoms with Crippen LogP contribution < -0.4 is 20.1 Å². The number of aliphatic imine (C=N–C) groups is 1. The standard InChI is InChI=1S/C22H31N3O4S.HI/c1-6-11-29-19-9-7-18(13-20(19)28-4)15-25-22(23-3)24-14-17-8-10-21(16(2)12-17)30(5,26)27;/h7-10,12-13H,6,11,14-15H2,1-5H3,(H2,23,24,25);1H. The number of hydrogen-bond donors (Lipinski definition) is 2. The summed E-state index contributed by atoms with van der Waals surface area (Å²) in [6, 6.07) is 11.2. The summed E-state index contributed by atoms with van der Waals surface area (Å²) in [7, 11) is 0.116. The van der Waals surface area contributed by atoms with Gasteiger partial charge in [0.25, 0.3) is 0 Å². The lowest BCUT2D eigenvalue weighted by Gasteiger charge is -2.15. The summed E-state index contributed by atoms with van der Waals surface area (Å²) in [6.07, 6.45) is 2.15. The quantitative estimate of drug-likeness (QED) is 0.276. The van der Waals surface area contributed by atoms with E-state index in [1.165, 1.54) is 6.26 Å². The average molecular weight is 561 g/mol. The minimum atomic E-state index is -3.22. The van der Waals surface area contributed by atoms with Crippen LogP contribution in [0.3, 0.4) is 0 Å². The molecule has 2 aromatic rings. The molecule has 0 radical (unpaired) electrons. The SMILES string of the molecule is CCCOc1ccc(CNC(=NC)NCc2ccc(S(C)(=O)=O)c(C)c2)cc1OC.I. The summed E-state index contributed by atoms with van der Waals surface area (Å²) in [5.74, 6) is 2.08. The minimum absolute atomic E-state index is 0. The minimum Gasteiger partial charge on any atom is -0.493 e. The fourth-order valence-corrected chi connectivity index (χ4v) is 3.94. The van der Waals surface area contributed by atoms with E-state index in [1.807, 2.05) is 30.3 Å². The van der Waals surface area contributed by atoms with E-state index < -0.39 is 9.84 Å². The monoisotopic (exact) mass is 561 g/mol. The highest BCUT2D eigenvalue weighted by Gasteiger charge is 2.11. The first kappa shape index (κ1) is 27.0. The Kier molecular flexibility index (Phi) is 11.1. The Balaban J connectivity index is 0.00000480. The van der Waals surface area contributed by atoms with Gasteiger partial charge in [-0.25, -0.2) is 8.42 Å². The largest absolute Gasteiger partial charge is 0.493 e. The molecule has 0 atom stereocenters. The maximum atomic E-state index is 11.8. The number of sulfone groups is 1. The summed E-state index contributed by atoms with van der Waals surface area (Å²) >= 11 is 0. The summed E-state index contributed by atoms with van der Waals surface area (Å²) in [5.41, 5.74) is 2.74. The van der Waals surface area contributed by atoms with Crippen LogP contribution in [-0.4, -0.2) is 41.4 Å². The average Bonchev–Trinajstić information content (AvgIpc) is 2.71. The summed E-state index contributed by atoms with van der Waals surface area (Å²) in [6.45, 7) is 5.60. The summed E-state index contributed by atoms with van der Waals surface area (Å²) < 4.78 is 34.6. The van der Waals surface area contributed by atoms with Gasteiger partial charge < -0.3 is 20.1 Å². The third kappa shape index (κ3) is 8.21. The van der Waals surface area contributed by atoms with Crippen LogP contribution >= 0.6 is 24.0 Å². The Morgan fingerprint density at radius 1 is 1.03 bits per heavy atom. The molecule has 0 aromatic heterocycles. The number of nitrogens with one attached hydrogen (secondary N) is 2. The molecule has 2 rings (SSSR count). The Bertz CT molecular complexity index is 994. The number of halogens is 1. The van der Waals surface area contributed by atoms with E-state index in [4.69, 9.17) is 9.47 Å². The second-order valence-corrected chi connectivity index (χ2v) is 8.97. The third-order valence-electron chi connectivity index (χ3n) is 4.47. The molecule has 0 aliphatic heterocycles. The van der Waals surface area contributed by atoms with Crippen LogP contribution in [0.5, 0.6) is 11.5 Å². The molecule has 0 heterocycles. The smallest absolute Gasteiger partial charge is 0.191 e. The van der Waals surface area contributed by atoms with Gasteiger partial charge in [-0.05, 0) is 48.2 Å². The number of hydrogen-bond acceptors (Lipinski definition) is 5. The molecule has 0 saturated heterocycles. The molecule has 9 heteroatoms. The second-order valence-electron chi connectivity index (χ2n) is 6.99. The first-order valence-electron chi connectivity index (χ1n) is 9.82. The van der Waals surface area contributed by atoms with Gasteiger partial charge >= 0.3 is 0 Å². The van der Waals surface area contributed by atoms with E-state index in [1.54, 1.807) is 27.1 Å². The van der Waals surface area contributed by atoms with Gasteiger partial charge in [0.15, 0.2) is 27.3 Å². The molecular weight excluding hydrogens is 529 g/mol. The van der Waals surface area contributed by atoms with Crippen molar-refractivity contribution in [3.05, 3.63) is 53.1 Å². The molecule has 2 aromatic carbocycles. The molecule has 31 heavy (non-hydrogen) atoms. The molecule has 0 amide bonds. The molecule has 0 unspecified atom stereocenters. The molecule has 0 bridgehead atoms. The second kappa shape index (κ2) is 12.7. The van der Waals surface area contributed by atoms with Crippen LogP contribution in [0.2, 0.25) is 0 Å². The highest BCUT2D eigenvalue weighted by atomic mass is 127.